The van der Waals surface area contributed by atoms with Gasteiger partial charge in [0.1, 0.15) is 6.61 Å². The van der Waals surface area contributed by atoms with E-state index in [0.717, 1.165) is 35.7 Å². The molecule has 0 aromatic heterocycles. The Morgan fingerprint density at radius 1 is 1.11 bits per heavy atom. The van der Waals surface area contributed by atoms with Crippen molar-refractivity contribution in [3.8, 4) is 11.5 Å². The molecule has 0 radical (unpaired) electrons. The standard InChI is InChI=1S/C26H26BrCl2NO4S/c1-2-33-22-11-17(10-20(27)24(22)34-15-18-8-9-19(28)13-21(18)29)12-23-25(31)30(26(32)35-23)14-16-6-4-3-5-7-16/h8-13,16H,2-7,14-15H2,1H3/b23-12+. The van der Waals surface area contributed by atoms with Gasteiger partial charge in [-0.3, -0.25) is 14.5 Å². The van der Waals surface area contributed by atoms with Crippen LogP contribution in [-0.4, -0.2) is 29.2 Å². The minimum atomic E-state index is -0.225. The third kappa shape index (κ3) is 6.56. The van der Waals surface area contributed by atoms with E-state index in [1.807, 2.05) is 25.1 Å². The van der Waals surface area contributed by atoms with Gasteiger partial charge in [-0.05, 0) is 89.3 Å². The first-order valence-corrected chi connectivity index (χ1v) is 14.0. The van der Waals surface area contributed by atoms with E-state index < -0.39 is 0 Å². The van der Waals surface area contributed by atoms with Crippen LogP contribution in [0.3, 0.4) is 0 Å². The van der Waals surface area contributed by atoms with Crippen LogP contribution in [0.1, 0.15) is 50.2 Å². The Labute approximate surface area is 228 Å². The molecule has 0 N–H and O–H groups in total. The van der Waals surface area contributed by atoms with Crippen molar-refractivity contribution in [3.05, 3.63) is 60.9 Å². The van der Waals surface area contributed by atoms with Gasteiger partial charge in [0.25, 0.3) is 11.1 Å². The number of carbonyl (C=O) groups excluding carboxylic acids is 2. The maximum absolute atomic E-state index is 13.0. The number of carbonyl (C=O) groups is 2. The first kappa shape index (κ1) is 26.4. The van der Waals surface area contributed by atoms with Crippen molar-refractivity contribution in [3.63, 3.8) is 0 Å². The first-order valence-electron chi connectivity index (χ1n) is 11.6. The topological polar surface area (TPSA) is 55.8 Å². The molecule has 2 amide bonds. The smallest absolute Gasteiger partial charge is 0.293 e. The molecule has 2 aliphatic rings. The van der Waals surface area contributed by atoms with Crippen molar-refractivity contribution < 1.29 is 19.1 Å². The monoisotopic (exact) mass is 597 g/mol. The average molecular weight is 599 g/mol. The Bertz CT molecular complexity index is 1150. The van der Waals surface area contributed by atoms with Gasteiger partial charge in [-0.1, -0.05) is 48.5 Å². The van der Waals surface area contributed by atoms with Crippen LogP contribution in [0, 0.1) is 5.92 Å². The van der Waals surface area contributed by atoms with Crippen molar-refractivity contribution in [1.82, 2.24) is 4.90 Å². The highest BCUT2D eigenvalue weighted by Crippen LogP contribution is 2.40. The van der Waals surface area contributed by atoms with E-state index in [1.165, 1.54) is 24.2 Å². The number of amides is 2. The predicted octanol–water partition coefficient (Wildman–Crippen LogP) is 8.35. The molecule has 2 fully saturated rings. The van der Waals surface area contributed by atoms with Gasteiger partial charge in [0.15, 0.2) is 11.5 Å². The Morgan fingerprint density at radius 2 is 1.89 bits per heavy atom. The lowest BCUT2D eigenvalue weighted by Gasteiger charge is -2.25. The average Bonchev–Trinajstić information content (AvgIpc) is 3.08. The van der Waals surface area contributed by atoms with E-state index in [2.05, 4.69) is 15.9 Å². The maximum Gasteiger partial charge on any atom is 0.293 e. The summed E-state index contributed by atoms with van der Waals surface area (Å²) in [6, 6.07) is 8.90. The van der Waals surface area contributed by atoms with E-state index in [-0.39, 0.29) is 17.8 Å². The van der Waals surface area contributed by atoms with Crippen LogP contribution in [-0.2, 0) is 11.4 Å². The Morgan fingerprint density at radius 3 is 2.60 bits per heavy atom. The van der Waals surface area contributed by atoms with Crippen LogP contribution in [0.15, 0.2) is 39.7 Å². The van der Waals surface area contributed by atoms with Crippen molar-refractivity contribution >= 4 is 68.1 Å². The summed E-state index contributed by atoms with van der Waals surface area (Å²) in [4.78, 5) is 27.4. The largest absolute Gasteiger partial charge is 0.490 e. The number of ether oxygens (including phenoxy) is 2. The van der Waals surface area contributed by atoms with Crippen LogP contribution in [0.5, 0.6) is 11.5 Å². The molecule has 9 heteroatoms. The van der Waals surface area contributed by atoms with Gasteiger partial charge in [0, 0.05) is 22.2 Å². The maximum atomic E-state index is 13.0. The molecule has 5 nitrogen and oxygen atoms in total. The second-order valence-electron chi connectivity index (χ2n) is 8.58. The van der Waals surface area contributed by atoms with Crippen LogP contribution in [0.4, 0.5) is 4.79 Å². The quantitative estimate of drug-likeness (QED) is 0.286. The van der Waals surface area contributed by atoms with Crippen molar-refractivity contribution in [2.24, 2.45) is 5.92 Å². The molecule has 1 aliphatic carbocycles. The first-order chi connectivity index (χ1) is 16.9. The third-order valence-electron chi connectivity index (χ3n) is 6.06. The van der Waals surface area contributed by atoms with Gasteiger partial charge in [-0.15, -0.1) is 0 Å². The number of hydrogen-bond donors (Lipinski definition) is 0. The lowest BCUT2D eigenvalue weighted by atomic mass is 9.89. The summed E-state index contributed by atoms with van der Waals surface area (Å²) < 4.78 is 12.5. The number of thioether (sulfide) groups is 1. The lowest BCUT2D eigenvalue weighted by molar-refractivity contribution is -0.123. The normalized spacial score (nSPS) is 17.9. The zero-order valence-corrected chi connectivity index (χ0v) is 23.2. The van der Waals surface area contributed by atoms with Crippen molar-refractivity contribution in [1.29, 1.82) is 0 Å². The van der Waals surface area contributed by atoms with Crippen LogP contribution < -0.4 is 9.47 Å². The van der Waals surface area contributed by atoms with Crippen molar-refractivity contribution in [2.75, 3.05) is 13.2 Å². The van der Waals surface area contributed by atoms with Gasteiger partial charge in [0.05, 0.1) is 16.0 Å². The number of imide groups is 1. The Kier molecular flexibility index (Phi) is 9.08. The molecular weight excluding hydrogens is 573 g/mol. The number of halogens is 3. The summed E-state index contributed by atoms with van der Waals surface area (Å²) in [7, 11) is 0. The van der Waals surface area contributed by atoms with E-state index in [1.54, 1.807) is 18.2 Å². The molecule has 35 heavy (non-hydrogen) atoms. The van der Waals surface area contributed by atoms with Crippen LogP contribution in [0.25, 0.3) is 6.08 Å². The fourth-order valence-electron chi connectivity index (χ4n) is 4.30. The molecule has 0 bridgehead atoms. The second kappa shape index (κ2) is 12.0. The molecular formula is C26H26BrCl2NO4S. The fourth-order valence-corrected chi connectivity index (χ4v) is 6.19. The zero-order valence-electron chi connectivity index (χ0n) is 19.3. The molecule has 1 saturated carbocycles. The molecule has 1 heterocycles. The van der Waals surface area contributed by atoms with E-state index in [0.29, 0.717) is 50.0 Å². The number of nitrogens with zero attached hydrogens (tertiary/aromatic N) is 1. The summed E-state index contributed by atoms with van der Waals surface area (Å²) in [5.74, 6) is 1.23. The molecule has 2 aromatic carbocycles. The molecule has 0 unspecified atom stereocenters. The molecule has 0 spiro atoms. The highest BCUT2D eigenvalue weighted by atomic mass is 79.9. The summed E-state index contributed by atoms with van der Waals surface area (Å²) in [6.45, 7) is 3.06. The highest BCUT2D eigenvalue weighted by Gasteiger charge is 2.36. The third-order valence-corrected chi connectivity index (χ3v) is 8.14. The summed E-state index contributed by atoms with van der Waals surface area (Å²) in [5.41, 5.74) is 1.53. The SMILES string of the molecule is CCOc1cc(/C=C2/SC(=O)N(CC3CCCCC3)C2=O)cc(Br)c1OCc1ccc(Cl)cc1Cl. The molecule has 2 aromatic rings. The Balaban J connectivity index is 1.52. The molecule has 186 valence electrons. The molecule has 0 atom stereocenters. The number of benzene rings is 2. The van der Waals surface area contributed by atoms with E-state index >= 15 is 0 Å². The number of hydrogen-bond acceptors (Lipinski definition) is 5. The molecule has 1 saturated heterocycles. The van der Waals surface area contributed by atoms with Gasteiger partial charge in [-0.25, -0.2) is 0 Å². The van der Waals surface area contributed by atoms with Gasteiger partial charge < -0.3 is 9.47 Å². The summed E-state index contributed by atoms with van der Waals surface area (Å²) in [5, 5.41) is 0.880. The minimum Gasteiger partial charge on any atom is -0.490 e. The summed E-state index contributed by atoms with van der Waals surface area (Å²) >= 11 is 16.8. The van der Waals surface area contributed by atoms with Crippen LogP contribution in [0.2, 0.25) is 10.0 Å². The number of rotatable bonds is 8. The molecule has 1 aliphatic heterocycles. The van der Waals surface area contributed by atoms with Gasteiger partial charge >= 0.3 is 0 Å². The summed E-state index contributed by atoms with van der Waals surface area (Å²) in [6.07, 6.45) is 7.47. The molecule has 4 rings (SSSR count). The highest BCUT2D eigenvalue weighted by molar-refractivity contribution is 9.10. The van der Waals surface area contributed by atoms with E-state index in [9.17, 15) is 9.59 Å². The van der Waals surface area contributed by atoms with Gasteiger partial charge in [0.2, 0.25) is 0 Å². The van der Waals surface area contributed by atoms with Crippen molar-refractivity contribution in [2.45, 2.75) is 45.6 Å². The van der Waals surface area contributed by atoms with Gasteiger partial charge in [-0.2, -0.15) is 0 Å². The predicted molar refractivity (Wildman–Crippen MR) is 145 cm³/mol. The minimum absolute atomic E-state index is 0.198. The fraction of sp³-hybridized carbons (Fsp3) is 0.385. The zero-order chi connectivity index (χ0) is 24.9. The second-order valence-corrected chi connectivity index (χ2v) is 11.3. The van der Waals surface area contributed by atoms with Crippen LogP contribution >= 0.6 is 50.9 Å². The van der Waals surface area contributed by atoms with E-state index in [4.69, 9.17) is 32.7 Å². The lowest BCUT2D eigenvalue weighted by Crippen LogP contribution is -2.34. The Hall–Kier alpha value is -1.67.